The SMILES string of the molecule is CCC(CC)C(=O)/C=C(\O)C(CC)CC.[C-]1=CC2=Cc3cccc4c3B(c3ccccc3N4c3ccccc3)N2C=C1c1ccccn1.[Ir]. The molecule has 7 rings (SSSR count). The van der Waals surface area contributed by atoms with Crippen molar-refractivity contribution in [1.29, 1.82) is 0 Å². The molecule has 1 aromatic heterocycles. The van der Waals surface area contributed by atoms with Crippen molar-refractivity contribution < 1.29 is 30.0 Å². The van der Waals surface area contributed by atoms with Crippen molar-refractivity contribution in [2.24, 2.45) is 11.8 Å². The normalized spacial score (nSPS) is 14.2. The predicted molar refractivity (Wildman–Crippen MR) is 200 cm³/mol. The van der Waals surface area contributed by atoms with Gasteiger partial charge in [0.25, 0.3) is 0 Å². The van der Waals surface area contributed by atoms with Gasteiger partial charge in [-0.2, -0.15) is 0 Å². The summed E-state index contributed by atoms with van der Waals surface area (Å²) in [5, 5.41) is 9.76. The Kier molecular flexibility index (Phi) is 11.9. The van der Waals surface area contributed by atoms with Crippen molar-refractivity contribution in [1.82, 2.24) is 9.79 Å². The van der Waals surface area contributed by atoms with E-state index in [0.717, 1.165) is 42.6 Å². The first-order chi connectivity index (χ1) is 23.5. The number of aromatic nitrogens is 1. The van der Waals surface area contributed by atoms with E-state index in [2.05, 4.69) is 112 Å². The zero-order chi connectivity index (χ0) is 33.6. The molecule has 0 atom stereocenters. The first-order valence-electron chi connectivity index (χ1n) is 17.2. The third kappa shape index (κ3) is 7.29. The van der Waals surface area contributed by atoms with E-state index >= 15 is 0 Å². The van der Waals surface area contributed by atoms with Crippen LogP contribution in [0.15, 0.2) is 127 Å². The molecule has 0 fully saturated rings. The summed E-state index contributed by atoms with van der Waals surface area (Å²) >= 11 is 0. The fourth-order valence-corrected chi connectivity index (χ4v) is 6.96. The number of hydrogen-bond acceptors (Lipinski definition) is 5. The number of ketones is 1. The second-order valence-electron chi connectivity index (χ2n) is 12.4. The van der Waals surface area contributed by atoms with E-state index in [-0.39, 0.29) is 50.3 Å². The van der Waals surface area contributed by atoms with Crippen LogP contribution in [-0.2, 0) is 24.9 Å². The first-order valence-corrected chi connectivity index (χ1v) is 17.2. The first kappa shape index (κ1) is 35.9. The largest absolute Gasteiger partial charge is 0.512 e. The molecular formula is C42H43BIrN3O2-. The summed E-state index contributed by atoms with van der Waals surface area (Å²) < 4.78 is 0. The van der Waals surface area contributed by atoms with Crippen LogP contribution < -0.4 is 15.8 Å². The molecule has 5 nitrogen and oxygen atoms in total. The second-order valence-corrected chi connectivity index (χ2v) is 12.4. The predicted octanol–water partition coefficient (Wildman–Crippen LogP) is 8.91. The van der Waals surface area contributed by atoms with Crippen molar-refractivity contribution in [2.45, 2.75) is 53.4 Å². The fourth-order valence-electron chi connectivity index (χ4n) is 6.96. The van der Waals surface area contributed by atoms with E-state index in [1.54, 1.807) is 0 Å². The monoisotopic (exact) mass is 825 g/mol. The van der Waals surface area contributed by atoms with Gasteiger partial charge in [-0.15, -0.1) is 17.7 Å². The smallest absolute Gasteiger partial charge is 0.315 e. The maximum absolute atomic E-state index is 11.7. The molecule has 4 heterocycles. The van der Waals surface area contributed by atoms with Gasteiger partial charge in [0, 0.05) is 61.3 Å². The molecule has 7 heteroatoms. The Labute approximate surface area is 305 Å². The Bertz CT molecular complexity index is 1880. The number of pyridine rings is 1. The van der Waals surface area contributed by atoms with Crippen molar-refractivity contribution in [3.05, 3.63) is 144 Å². The van der Waals surface area contributed by atoms with Crippen molar-refractivity contribution >= 4 is 52.3 Å². The molecule has 0 aliphatic carbocycles. The van der Waals surface area contributed by atoms with E-state index in [1.165, 1.54) is 39.6 Å². The molecule has 3 aliphatic rings. The number of para-hydroxylation sites is 2. The number of aliphatic hydroxyl groups excluding tert-OH is 1. The third-order valence-corrected chi connectivity index (χ3v) is 9.66. The summed E-state index contributed by atoms with van der Waals surface area (Å²) in [7, 11) is 0. The quantitative estimate of drug-likeness (QED) is 0.0792. The van der Waals surface area contributed by atoms with E-state index in [9.17, 15) is 9.90 Å². The molecule has 4 aromatic rings. The number of rotatable bonds is 9. The van der Waals surface area contributed by atoms with Crippen LogP contribution in [0, 0.1) is 17.9 Å². The molecule has 0 unspecified atom stereocenters. The third-order valence-electron chi connectivity index (χ3n) is 9.66. The molecule has 251 valence electrons. The second kappa shape index (κ2) is 16.3. The molecule has 1 N–H and O–H groups in total. The molecule has 0 saturated carbocycles. The van der Waals surface area contributed by atoms with Crippen LogP contribution in [0.5, 0.6) is 0 Å². The molecule has 0 amide bonds. The van der Waals surface area contributed by atoms with Crippen LogP contribution in [0.1, 0.15) is 64.6 Å². The van der Waals surface area contributed by atoms with Crippen molar-refractivity contribution in [2.75, 3.05) is 4.90 Å². The number of carbonyl (C=O) groups is 1. The molecule has 0 spiro atoms. The number of aliphatic hydroxyl groups is 1. The van der Waals surface area contributed by atoms with E-state index in [1.807, 2.05) is 52.1 Å². The van der Waals surface area contributed by atoms with Gasteiger partial charge in [-0.1, -0.05) is 106 Å². The standard InChI is InChI=1S/C29H19BN3.C13H24O2.Ir/c1-2-10-23(11-3-1)33-27-14-5-4-12-25(27)30-29-21(9-8-15-28(29)33)19-24-17-16-22(20-32(24)30)26-13-6-7-18-31-26;1-5-10(6-2)12(14)9-13(15)11(7-3)8-4;/h1-15,17-20H;9-11,14H,5-8H2,1-4H3;/q-1;;/b;12-9-;. The summed E-state index contributed by atoms with van der Waals surface area (Å²) in [4.78, 5) is 21.0. The van der Waals surface area contributed by atoms with Gasteiger partial charge in [0.1, 0.15) is 0 Å². The zero-order valence-corrected chi connectivity index (χ0v) is 31.0. The van der Waals surface area contributed by atoms with E-state index in [4.69, 9.17) is 0 Å². The molecule has 0 bridgehead atoms. The summed E-state index contributed by atoms with van der Waals surface area (Å²) in [6, 6.07) is 32.0. The number of fused-ring (bicyclic) bond motifs is 4. The summed E-state index contributed by atoms with van der Waals surface area (Å²) in [5.41, 5.74) is 10.6. The van der Waals surface area contributed by atoms with Crippen LogP contribution in [0.2, 0.25) is 0 Å². The number of carbonyl (C=O) groups excluding carboxylic acids is 1. The van der Waals surface area contributed by atoms with Crippen molar-refractivity contribution in [3.63, 3.8) is 0 Å². The molecule has 0 saturated heterocycles. The van der Waals surface area contributed by atoms with Crippen LogP contribution in [-0.4, -0.2) is 27.5 Å². The Morgan fingerprint density at radius 2 is 1.51 bits per heavy atom. The Morgan fingerprint density at radius 1 is 0.837 bits per heavy atom. The average molecular weight is 825 g/mol. The molecule has 49 heavy (non-hydrogen) atoms. The Morgan fingerprint density at radius 3 is 2.20 bits per heavy atom. The van der Waals surface area contributed by atoms with Crippen LogP contribution in [0.4, 0.5) is 17.1 Å². The average Bonchev–Trinajstić information content (AvgIpc) is 3.13. The van der Waals surface area contributed by atoms with Gasteiger partial charge in [-0.3, -0.25) is 4.79 Å². The minimum atomic E-state index is 0. The van der Waals surface area contributed by atoms with Crippen LogP contribution in [0.25, 0.3) is 11.6 Å². The molecule has 3 aliphatic heterocycles. The van der Waals surface area contributed by atoms with Gasteiger partial charge in [-0.25, -0.2) is 0 Å². The van der Waals surface area contributed by atoms with E-state index < -0.39 is 0 Å². The van der Waals surface area contributed by atoms with Gasteiger partial charge in [0.2, 0.25) is 0 Å². The van der Waals surface area contributed by atoms with Gasteiger partial charge in [0.05, 0.1) is 5.76 Å². The number of nitrogens with zero attached hydrogens (tertiary/aromatic N) is 3. The van der Waals surface area contributed by atoms with Gasteiger partial charge >= 0.3 is 6.85 Å². The molecule has 3 aromatic carbocycles. The number of hydrogen-bond donors (Lipinski definition) is 1. The maximum Gasteiger partial charge on any atom is 0.315 e. The van der Waals surface area contributed by atoms with Gasteiger partial charge < -0.3 is 19.8 Å². The fraction of sp³-hybridized carbons (Fsp3) is 0.238. The Hall–Kier alpha value is -4.45. The van der Waals surface area contributed by atoms with Crippen LogP contribution in [0.3, 0.4) is 0 Å². The summed E-state index contributed by atoms with van der Waals surface area (Å²) in [5.74, 6) is 0.547. The van der Waals surface area contributed by atoms with Crippen LogP contribution >= 0.6 is 0 Å². The summed E-state index contributed by atoms with van der Waals surface area (Å²) in [6.07, 6.45) is 16.8. The number of benzene rings is 3. The molecule has 1 radical (unpaired) electrons. The minimum Gasteiger partial charge on any atom is -0.512 e. The van der Waals surface area contributed by atoms with E-state index in [0.29, 0.717) is 0 Å². The minimum absolute atomic E-state index is 0. The van der Waals surface area contributed by atoms with Gasteiger partial charge in [-0.05, 0) is 78.2 Å². The topological polar surface area (TPSA) is 56.7 Å². The number of anilines is 3. The maximum atomic E-state index is 11.7. The van der Waals surface area contributed by atoms with Gasteiger partial charge in [0.15, 0.2) is 5.78 Å². The summed E-state index contributed by atoms with van der Waals surface area (Å²) in [6.45, 7) is 8.16. The Balaban J connectivity index is 0.000000252. The number of allylic oxidation sites excluding steroid dienone is 5. The molecular weight excluding hydrogens is 782 g/mol. The zero-order valence-electron chi connectivity index (χ0n) is 28.6. The van der Waals surface area contributed by atoms with Crippen molar-refractivity contribution in [3.8, 4) is 0 Å².